The van der Waals surface area contributed by atoms with Crippen molar-refractivity contribution in [2.45, 2.75) is 252 Å². The van der Waals surface area contributed by atoms with Crippen LogP contribution in [0.5, 0.6) is 0 Å². The molecule has 426 valence electrons. The minimum atomic E-state index is -0.835. The summed E-state index contributed by atoms with van der Waals surface area (Å²) in [5.74, 6) is -1.03. The number of allylic oxidation sites excluding steroid dienone is 26. The maximum atomic E-state index is 12.9. The third kappa shape index (κ3) is 59.9. The van der Waals surface area contributed by atoms with Crippen molar-refractivity contribution in [1.82, 2.24) is 0 Å². The van der Waals surface area contributed by atoms with E-state index in [1.54, 1.807) is 0 Å². The fourth-order valence-corrected chi connectivity index (χ4v) is 7.75. The van der Waals surface area contributed by atoms with Crippen LogP contribution in [0.1, 0.15) is 245 Å². The molecule has 1 unspecified atom stereocenters. The van der Waals surface area contributed by atoms with Crippen molar-refractivity contribution < 1.29 is 28.6 Å². The van der Waals surface area contributed by atoms with Crippen LogP contribution in [0.2, 0.25) is 0 Å². The van der Waals surface area contributed by atoms with Crippen molar-refractivity contribution in [3.63, 3.8) is 0 Å². The number of esters is 3. The molecule has 0 aliphatic rings. The Kier molecular flexibility index (Phi) is 58.5. The molecule has 76 heavy (non-hydrogen) atoms. The minimum Gasteiger partial charge on any atom is -0.462 e. The normalized spacial score (nSPS) is 13.2. The van der Waals surface area contributed by atoms with Gasteiger partial charge in [0, 0.05) is 19.3 Å². The van der Waals surface area contributed by atoms with Gasteiger partial charge in [0.15, 0.2) is 6.10 Å². The number of carbonyl (C=O) groups is 3. The molecule has 0 radical (unpaired) electrons. The molecule has 0 aliphatic heterocycles. The monoisotopic (exact) mass is 1050 g/mol. The summed E-state index contributed by atoms with van der Waals surface area (Å²) in [5, 5.41) is 0. The molecule has 0 saturated heterocycles. The van der Waals surface area contributed by atoms with Crippen molar-refractivity contribution in [3.8, 4) is 0 Å². The fourth-order valence-electron chi connectivity index (χ4n) is 7.75. The zero-order valence-electron chi connectivity index (χ0n) is 48.7. The highest BCUT2D eigenvalue weighted by atomic mass is 16.6. The number of unbranched alkanes of at least 4 members (excludes halogenated alkanes) is 16. The molecule has 0 spiro atoms. The van der Waals surface area contributed by atoms with E-state index < -0.39 is 12.1 Å². The van der Waals surface area contributed by atoms with Gasteiger partial charge in [0.05, 0.1) is 0 Å². The molecule has 6 heteroatoms. The standard InChI is InChI=1S/C70H110O6/c1-4-7-10-13-16-19-22-25-28-30-32-33-34-35-36-37-39-40-42-45-48-51-54-57-60-63-69(72)75-66-67(65-74-68(71)62-59-56-53-50-47-44-27-24-21-18-15-12-9-6-3)76-70(73)64-61-58-55-52-49-46-43-41-38-31-29-26-23-20-17-14-11-8-5-2/h7-8,10-11,15-20,24-29,32-33,35-36,38,41,46,49,55,58,67H,4-6,9,12-14,21-23,30-31,34,37,39-40,42-45,47-48,50-54,56-57,59-66H2,1-3H3/b10-7-,11-8-,18-15-,19-16-,20-17-,27-24-,28-25-,29-26-,33-32-,36-35-,41-38-,49-46-,58-55-. The van der Waals surface area contributed by atoms with Crippen LogP contribution in [0.4, 0.5) is 0 Å². The number of carbonyl (C=O) groups excluding carboxylic acids is 3. The second-order valence-corrected chi connectivity index (χ2v) is 19.5. The van der Waals surface area contributed by atoms with Crippen LogP contribution in [0, 0.1) is 0 Å². The largest absolute Gasteiger partial charge is 0.462 e. The van der Waals surface area contributed by atoms with E-state index in [9.17, 15) is 14.4 Å². The summed E-state index contributed by atoms with van der Waals surface area (Å²) in [6.45, 7) is 6.28. The lowest BCUT2D eigenvalue weighted by atomic mass is 10.1. The Labute approximate surface area is 467 Å². The second kappa shape index (κ2) is 62.6. The summed E-state index contributed by atoms with van der Waals surface area (Å²) >= 11 is 0. The van der Waals surface area contributed by atoms with Gasteiger partial charge < -0.3 is 14.2 Å². The summed E-state index contributed by atoms with van der Waals surface area (Å²) in [4.78, 5) is 38.2. The number of ether oxygens (including phenoxy) is 3. The van der Waals surface area contributed by atoms with Crippen molar-refractivity contribution in [2.75, 3.05) is 13.2 Å². The van der Waals surface area contributed by atoms with Gasteiger partial charge >= 0.3 is 17.9 Å². The SMILES string of the molecule is CC/C=C\C/C=C\C/C=C\C/C=C\C/C=C\C/C=C\CCC(=O)OC(COC(=O)CCCCCCC/C=C\C/C=C\CCCC)COC(=O)CCCCCCCCCCC/C=C\C/C=C\C/C=C\C/C=C\C/C=C\CC. The van der Waals surface area contributed by atoms with Gasteiger partial charge in [0.1, 0.15) is 13.2 Å². The molecule has 6 nitrogen and oxygen atoms in total. The third-order valence-electron chi connectivity index (χ3n) is 12.3. The summed E-state index contributed by atoms with van der Waals surface area (Å²) in [6, 6.07) is 0. The Morgan fingerprint density at radius 1 is 0.276 bits per heavy atom. The topological polar surface area (TPSA) is 78.9 Å². The average molecular weight is 1050 g/mol. The maximum Gasteiger partial charge on any atom is 0.306 e. The highest BCUT2D eigenvalue weighted by molar-refractivity contribution is 5.71. The Hall–Kier alpha value is -4.97. The predicted octanol–water partition coefficient (Wildman–Crippen LogP) is 20.9. The van der Waals surface area contributed by atoms with E-state index in [1.165, 1.54) is 57.8 Å². The lowest BCUT2D eigenvalue weighted by molar-refractivity contribution is -0.166. The number of rotatable bonds is 53. The van der Waals surface area contributed by atoms with Gasteiger partial charge in [0.2, 0.25) is 0 Å². The van der Waals surface area contributed by atoms with Gasteiger partial charge in [-0.15, -0.1) is 0 Å². The summed E-state index contributed by atoms with van der Waals surface area (Å²) in [6.07, 6.45) is 91.1. The van der Waals surface area contributed by atoms with Crippen LogP contribution in [0.25, 0.3) is 0 Å². The maximum absolute atomic E-state index is 12.9. The fraction of sp³-hybridized carbons (Fsp3) is 0.586. The van der Waals surface area contributed by atoms with Gasteiger partial charge in [-0.1, -0.05) is 256 Å². The molecule has 0 N–H and O–H groups in total. The third-order valence-corrected chi connectivity index (χ3v) is 12.3. The molecule has 1 atom stereocenters. The van der Waals surface area contributed by atoms with Crippen LogP contribution in [-0.4, -0.2) is 37.2 Å². The molecule has 0 aliphatic carbocycles. The van der Waals surface area contributed by atoms with Crippen molar-refractivity contribution in [1.29, 1.82) is 0 Å². The number of hydrogen-bond donors (Lipinski definition) is 0. The van der Waals surface area contributed by atoms with E-state index in [4.69, 9.17) is 14.2 Å². The molecule has 0 rings (SSSR count). The molecular formula is C70H110O6. The van der Waals surface area contributed by atoms with E-state index in [2.05, 4.69) is 167 Å². The van der Waals surface area contributed by atoms with E-state index >= 15 is 0 Å². The van der Waals surface area contributed by atoms with Crippen LogP contribution >= 0.6 is 0 Å². The Morgan fingerprint density at radius 3 is 0.855 bits per heavy atom. The summed E-state index contributed by atoms with van der Waals surface area (Å²) in [5.41, 5.74) is 0. The molecule has 0 aromatic heterocycles. The van der Waals surface area contributed by atoms with E-state index in [1.807, 2.05) is 12.2 Å². The zero-order valence-corrected chi connectivity index (χ0v) is 48.7. The minimum absolute atomic E-state index is 0.123. The highest BCUT2D eigenvalue weighted by Gasteiger charge is 2.19. The van der Waals surface area contributed by atoms with Crippen molar-refractivity contribution in [2.24, 2.45) is 0 Å². The quantitative estimate of drug-likeness (QED) is 0.0261. The van der Waals surface area contributed by atoms with Gasteiger partial charge in [-0.3, -0.25) is 14.4 Å². The van der Waals surface area contributed by atoms with E-state index in [0.29, 0.717) is 19.3 Å². The first-order chi connectivity index (χ1) is 37.5. The summed E-state index contributed by atoms with van der Waals surface area (Å²) < 4.78 is 16.8. The van der Waals surface area contributed by atoms with Gasteiger partial charge in [0.25, 0.3) is 0 Å². The Bertz CT molecular complexity index is 1720. The number of hydrogen-bond acceptors (Lipinski definition) is 6. The first kappa shape index (κ1) is 71.0. The average Bonchev–Trinajstić information content (AvgIpc) is 3.42. The Balaban J connectivity index is 4.49. The second-order valence-electron chi connectivity index (χ2n) is 19.5. The smallest absolute Gasteiger partial charge is 0.306 e. The molecule has 0 fully saturated rings. The first-order valence-electron chi connectivity index (χ1n) is 30.5. The molecule has 0 saturated carbocycles. The first-order valence-corrected chi connectivity index (χ1v) is 30.5. The zero-order chi connectivity index (χ0) is 55.0. The van der Waals surface area contributed by atoms with Crippen molar-refractivity contribution in [3.05, 3.63) is 158 Å². The van der Waals surface area contributed by atoms with Crippen LogP contribution in [0.15, 0.2) is 158 Å². The molecule has 0 amide bonds. The van der Waals surface area contributed by atoms with Gasteiger partial charge in [-0.25, -0.2) is 0 Å². The molecular weight excluding hydrogens is 937 g/mol. The summed E-state index contributed by atoms with van der Waals surface area (Å²) in [7, 11) is 0. The highest BCUT2D eigenvalue weighted by Crippen LogP contribution is 2.14. The van der Waals surface area contributed by atoms with E-state index in [0.717, 1.165) is 141 Å². The molecule has 0 heterocycles. The predicted molar refractivity (Wildman–Crippen MR) is 329 cm³/mol. The van der Waals surface area contributed by atoms with E-state index in [-0.39, 0.29) is 31.6 Å². The Morgan fingerprint density at radius 2 is 0.539 bits per heavy atom. The van der Waals surface area contributed by atoms with Crippen LogP contribution in [0.3, 0.4) is 0 Å². The lowest BCUT2D eigenvalue weighted by Gasteiger charge is -2.18. The molecule has 0 bridgehead atoms. The molecule has 0 aromatic carbocycles. The lowest BCUT2D eigenvalue weighted by Crippen LogP contribution is -2.30. The van der Waals surface area contributed by atoms with Crippen LogP contribution in [-0.2, 0) is 28.6 Å². The van der Waals surface area contributed by atoms with Gasteiger partial charge in [-0.05, 0) is 128 Å². The van der Waals surface area contributed by atoms with Crippen molar-refractivity contribution >= 4 is 17.9 Å². The molecule has 0 aromatic rings. The van der Waals surface area contributed by atoms with Crippen LogP contribution < -0.4 is 0 Å². The van der Waals surface area contributed by atoms with Gasteiger partial charge in [-0.2, -0.15) is 0 Å².